The van der Waals surface area contributed by atoms with Crippen LogP contribution in [-0.4, -0.2) is 73.2 Å². The summed E-state index contributed by atoms with van der Waals surface area (Å²) in [5.74, 6) is 2.05. The van der Waals surface area contributed by atoms with Crippen LogP contribution in [0.2, 0.25) is 0 Å². The molecule has 2 aromatic carbocycles. The van der Waals surface area contributed by atoms with Crippen molar-refractivity contribution in [3.63, 3.8) is 0 Å². The Morgan fingerprint density at radius 2 is 1.15 bits per heavy atom. The number of fused-ring (bicyclic) bond motifs is 1. The van der Waals surface area contributed by atoms with Crippen molar-refractivity contribution in [1.82, 2.24) is 9.80 Å². The summed E-state index contributed by atoms with van der Waals surface area (Å²) in [4.78, 5) is 18.9. The summed E-state index contributed by atoms with van der Waals surface area (Å²) in [5.41, 5.74) is 2.17. The molecule has 2 saturated carbocycles. The fourth-order valence-corrected chi connectivity index (χ4v) is 6.45. The molecule has 0 bridgehead atoms. The van der Waals surface area contributed by atoms with Gasteiger partial charge in [-0.25, -0.2) is 4.79 Å². The lowest BCUT2D eigenvalue weighted by atomic mass is 9.90. The first-order valence-electron chi connectivity index (χ1n) is 14.5. The number of para-hydroxylation sites is 2. The molecule has 0 aromatic heterocycles. The fourth-order valence-electron chi connectivity index (χ4n) is 6.45. The molecule has 4 fully saturated rings. The van der Waals surface area contributed by atoms with Crippen LogP contribution in [0.25, 0.3) is 0 Å². The number of amides is 2. The molecule has 39 heavy (non-hydrogen) atoms. The predicted octanol–water partition coefficient (Wildman–Crippen LogP) is 5.30. The van der Waals surface area contributed by atoms with Gasteiger partial charge in [-0.1, -0.05) is 36.4 Å². The van der Waals surface area contributed by atoms with Gasteiger partial charge in [0.2, 0.25) is 0 Å². The number of urea groups is 1. The summed E-state index contributed by atoms with van der Waals surface area (Å²) in [6, 6.07) is 16.1. The minimum Gasteiger partial charge on any atom is -0.496 e. The van der Waals surface area contributed by atoms with Crippen LogP contribution in [0.5, 0.6) is 11.5 Å². The number of carbonyl (C=O) groups excluding carboxylic acids is 1. The van der Waals surface area contributed by atoms with E-state index in [9.17, 15) is 4.79 Å². The van der Waals surface area contributed by atoms with E-state index >= 15 is 0 Å². The second-order valence-electron chi connectivity index (χ2n) is 12.2. The molecule has 2 aliphatic carbocycles. The van der Waals surface area contributed by atoms with Gasteiger partial charge in [0, 0.05) is 13.1 Å². The van der Waals surface area contributed by atoms with Gasteiger partial charge in [0.15, 0.2) is 5.79 Å². The van der Waals surface area contributed by atoms with Gasteiger partial charge in [0.05, 0.1) is 26.3 Å². The second kappa shape index (κ2) is 10.7. The minimum absolute atomic E-state index is 0.119. The maximum absolute atomic E-state index is 14.7. The van der Waals surface area contributed by atoms with Crippen molar-refractivity contribution >= 4 is 6.03 Å². The molecule has 4 atom stereocenters. The van der Waals surface area contributed by atoms with E-state index in [1.54, 1.807) is 14.2 Å². The van der Waals surface area contributed by atoms with Crippen molar-refractivity contribution < 1.29 is 23.7 Å². The van der Waals surface area contributed by atoms with E-state index in [4.69, 9.17) is 18.9 Å². The van der Waals surface area contributed by atoms with Crippen LogP contribution < -0.4 is 9.47 Å². The lowest BCUT2D eigenvalue weighted by molar-refractivity contribution is -0.157. The van der Waals surface area contributed by atoms with E-state index < -0.39 is 5.79 Å². The summed E-state index contributed by atoms with van der Waals surface area (Å²) < 4.78 is 25.0. The first-order chi connectivity index (χ1) is 18.9. The molecular formula is C32H42N2O5. The molecule has 4 aliphatic rings. The van der Waals surface area contributed by atoms with E-state index in [-0.39, 0.29) is 30.3 Å². The van der Waals surface area contributed by atoms with Gasteiger partial charge in [-0.2, -0.15) is 0 Å². The maximum Gasteiger partial charge on any atom is 0.320 e. The van der Waals surface area contributed by atoms with Gasteiger partial charge in [-0.3, -0.25) is 0 Å². The van der Waals surface area contributed by atoms with Crippen LogP contribution in [0.1, 0.15) is 50.7 Å². The molecule has 2 aromatic rings. The molecule has 7 heteroatoms. The number of benzene rings is 2. The second-order valence-corrected chi connectivity index (χ2v) is 12.2. The highest BCUT2D eigenvalue weighted by Gasteiger charge is 2.56. The standard InChI is InChI=1S/C32H42N2O5/c1-32(2)38-29-25(17-23-9-5-7-11-27(23)36-3)33(19-21-13-14-21)31(35)34(20-22-15-16-22)26(30(29)39-32)18-24-10-6-8-12-28(24)37-4/h5-12,21-22,25-26,29-30H,13-20H2,1-4H3/t25-,26-,29+,30+/m1/s1. The summed E-state index contributed by atoms with van der Waals surface area (Å²) in [6.07, 6.45) is 5.48. The Morgan fingerprint density at radius 1 is 0.744 bits per heavy atom. The lowest BCUT2D eigenvalue weighted by Crippen LogP contribution is -2.53. The quantitative estimate of drug-likeness (QED) is 0.414. The number of ether oxygens (including phenoxy) is 4. The SMILES string of the molecule is COc1ccccc1C[C@@H]1[C@@H]2OC(C)(C)O[C@H]2[C@@H](Cc2ccccc2OC)N(CC2CC2)C(=O)N1CC1CC1. The number of nitrogens with zero attached hydrogens (tertiary/aromatic N) is 2. The van der Waals surface area contributed by atoms with Gasteiger partial charge < -0.3 is 28.7 Å². The van der Waals surface area contributed by atoms with E-state index in [0.717, 1.165) is 35.7 Å². The highest BCUT2D eigenvalue weighted by molar-refractivity contribution is 5.76. The average Bonchev–Trinajstić information content (AvgIpc) is 3.87. The number of carbonyl (C=O) groups is 1. The third-order valence-corrected chi connectivity index (χ3v) is 8.76. The Kier molecular flexibility index (Phi) is 7.23. The van der Waals surface area contributed by atoms with Gasteiger partial charge in [0.25, 0.3) is 0 Å². The van der Waals surface area contributed by atoms with Crippen molar-refractivity contribution in [2.45, 2.75) is 82.5 Å². The van der Waals surface area contributed by atoms with E-state index in [1.807, 2.05) is 50.2 Å². The molecule has 0 spiro atoms. The molecular weight excluding hydrogens is 492 g/mol. The summed E-state index contributed by atoms with van der Waals surface area (Å²) in [6.45, 7) is 5.52. The molecule has 0 N–H and O–H groups in total. The highest BCUT2D eigenvalue weighted by Crippen LogP contribution is 2.43. The molecule has 2 saturated heterocycles. The van der Waals surface area contributed by atoms with Crippen LogP contribution in [0.15, 0.2) is 48.5 Å². The van der Waals surface area contributed by atoms with E-state index in [1.165, 1.54) is 25.7 Å². The Morgan fingerprint density at radius 3 is 1.54 bits per heavy atom. The molecule has 2 heterocycles. The van der Waals surface area contributed by atoms with Gasteiger partial charge in [-0.05, 0) is 87.5 Å². The molecule has 2 amide bonds. The Balaban J connectivity index is 1.44. The van der Waals surface area contributed by atoms with Crippen LogP contribution in [0.3, 0.4) is 0 Å². The fraction of sp³-hybridized carbons (Fsp3) is 0.594. The average molecular weight is 535 g/mol. The Hall–Kier alpha value is -2.77. The number of methoxy groups -OCH3 is 2. The van der Waals surface area contributed by atoms with Gasteiger partial charge in [-0.15, -0.1) is 0 Å². The van der Waals surface area contributed by atoms with Crippen molar-refractivity contribution in [3.8, 4) is 11.5 Å². The normalized spacial score (nSPS) is 28.3. The number of rotatable bonds is 10. The molecule has 6 rings (SSSR count). The summed E-state index contributed by atoms with van der Waals surface area (Å²) >= 11 is 0. The first-order valence-corrected chi connectivity index (χ1v) is 14.5. The Labute approximate surface area is 232 Å². The van der Waals surface area contributed by atoms with E-state index in [0.29, 0.717) is 24.7 Å². The van der Waals surface area contributed by atoms with Crippen molar-refractivity contribution in [1.29, 1.82) is 0 Å². The van der Waals surface area contributed by atoms with Gasteiger partial charge in [0.1, 0.15) is 23.7 Å². The zero-order chi connectivity index (χ0) is 27.1. The summed E-state index contributed by atoms with van der Waals surface area (Å²) in [7, 11) is 3.42. The highest BCUT2D eigenvalue weighted by atomic mass is 16.8. The third kappa shape index (κ3) is 5.62. The predicted molar refractivity (Wildman–Crippen MR) is 149 cm³/mol. The van der Waals surface area contributed by atoms with Gasteiger partial charge >= 0.3 is 6.03 Å². The molecule has 7 nitrogen and oxygen atoms in total. The minimum atomic E-state index is -0.746. The third-order valence-electron chi connectivity index (χ3n) is 8.76. The topological polar surface area (TPSA) is 60.5 Å². The van der Waals surface area contributed by atoms with Crippen LogP contribution in [0, 0.1) is 11.8 Å². The number of hydrogen-bond donors (Lipinski definition) is 0. The summed E-state index contributed by atoms with van der Waals surface area (Å²) in [5, 5.41) is 0. The van der Waals surface area contributed by atoms with Crippen molar-refractivity contribution in [2.75, 3.05) is 27.3 Å². The maximum atomic E-state index is 14.7. The van der Waals surface area contributed by atoms with Crippen LogP contribution >= 0.6 is 0 Å². The Bertz CT molecular complexity index is 1090. The smallest absolute Gasteiger partial charge is 0.320 e. The van der Waals surface area contributed by atoms with Crippen LogP contribution in [-0.2, 0) is 22.3 Å². The molecule has 2 aliphatic heterocycles. The van der Waals surface area contributed by atoms with Crippen molar-refractivity contribution in [2.24, 2.45) is 11.8 Å². The molecule has 0 radical (unpaired) electrons. The molecule has 0 unspecified atom stereocenters. The largest absolute Gasteiger partial charge is 0.496 e. The number of hydrogen-bond acceptors (Lipinski definition) is 5. The van der Waals surface area contributed by atoms with Crippen LogP contribution in [0.4, 0.5) is 4.79 Å². The zero-order valence-corrected chi connectivity index (χ0v) is 23.7. The van der Waals surface area contributed by atoms with Crippen molar-refractivity contribution in [3.05, 3.63) is 59.7 Å². The lowest BCUT2D eigenvalue weighted by Gasteiger charge is -2.37. The first kappa shape index (κ1) is 26.5. The van der Waals surface area contributed by atoms with E-state index in [2.05, 4.69) is 21.9 Å². The zero-order valence-electron chi connectivity index (χ0n) is 23.7. The molecule has 210 valence electrons. The monoisotopic (exact) mass is 534 g/mol.